The maximum Gasteiger partial charge on any atom is 0.416 e. The van der Waals surface area contributed by atoms with Crippen LogP contribution in [0.5, 0.6) is 0 Å². The van der Waals surface area contributed by atoms with Gasteiger partial charge in [-0.25, -0.2) is 0 Å². The third-order valence-corrected chi connectivity index (χ3v) is 3.71. The van der Waals surface area contributed by atoms with E-state index in [1.807, 2.05) is 30.3 Å². The van der Waals surface area contributed by atoms with Crippen LogP contribution in [0, 0.1) is 0 Å². The standard InChI is InChI=1S/C18H19F3N2O/c1-12(14-8-5-9-15(11-14)18(19,20)21)23-17(24)16(22)10-13-6-3-2-4-7-13/h2-9,11-12,16H,10,22H2,1H3,(H,23,24)/t12?,16-/m0/s1. The molecule has 0 aliphatic heterocycles. The second kappa shape index (κ2) is 7.49. The molecule has 0 heterocycles. The van der Waals surface area contributed by atoms with Gasteiger partial charge in [-0.2, -0.15) is 13.2 Å². The summed E-state index contributed by atoms with van der Waals surface area (Å²) in [6, 6.07) is 12.9. The zero-order chi connectivity index (χ0) is 17.7. The molecule has 0 aliphatic rings. The molecule has 128 valence electrons. The van der Waals surface area contributed by atoms with E-state index in [1.165, 1.54) is 6.07 Å². The summed E-state index contributed by atoms with van der Waals surface area (Å²) in [5, 5.41) is 2.66. The van der Waals surface area contributed by atoms with Gasteiger partial charge in [-0.15, -0.1) is 0 Å². The highest BCUT2D eigenvalue weighted by Crippen LogP contribution is 2.30. The van der Waals surface area contributed by atoms with Gasteiger partial charge in [0.25, 0.3) is 0 Å². The van der Waals surface area contributed by atoms with Crippen LogP contribution in [-0.4, -0.2) is 11.9 Å². The van der Waals surface area contributed by atoms with E-state index in [4.69, 9.17) is 5.73 Å². The minimum absolute atomic E-state index is 0.363. The van der Waals surface area contributed by atoms with E-state index < -0.39 is 29.7 Å². The predicted octanol–water partition coefficient (Wildman–Crippen LogP) is 3.45. The van der Waals surface area contributed by atoms with Gasteiger partial charge in [-0.3, -0.25) is 4.79 Å². The lowest BCUT2D eigenvalue weighted by Gasteiger charge is -2.19. The summed E-state index contributed by atoms with van der Waals surface area (Å²) in [5.41, 5.74) is 6.44. The van der Waals surface area contributed by atoms with Crippen LogP contribution in [0.4, 0.5) is 13.2 Å². The van der Waals surface area contributed by atoms with Crippen LogP contribution in [0.15, 0.2) is 54.6 Å². The van der Waals surface area contributed by atoms with Crippen molar-refractivity contribution < 1.29 is 18.0 Å². The number of nitrogens with one attached hydrogen (secondary N) is 1. The highest BCUT2D eigenvalue weighted by molar-refractivity contribution is 5.82. The molecule has 0 bridgehead atoms. The van der Waals surface area contributed by atoms with Crippen molar-refractivity contribution >= 4 is 5.91 Å². The van der Waals surface area contributed by atoms with Gasteiger partial charge in [-0.05, 0) is 36.6 Å². The SMILES string of the molecule is CC(NC(=O)[C@@H](N)Cc1ccccc1)c1cccc(C(F)(F)F)c1. The second-order valence-electron chi connectivity index (χ2n) is 5.65. The summed E-state index contributed by atoms with van der Waals surface area (Å²) in [7, 11) is 0. The number of carbonyl (C=O) groups excluding carboxylic acids is 1. The van der Waals surface area contributed by atoms with Crippen LogP contribution in [0.3, 0.4) is 0 Å². The molecular weight excluding hydrogens is 317 g/mol. The molecule has 2 aromatic carbocycles. The van der Waals surface area contributed by atoms with Gasteiger partial charge in [0.15, 0.2) is 0 Å². The van der Waals surface area contributed by atoms with E-state index in [1.54, 1.807) is 13.0 Å². The molecule has 0 fully saturated rings. The molecule has 2 atom stereocenters. The van der Waals surface area contributed by atoms with Gasteiger partial charge in [-0.1, -0.05) is 42.5 Å². The summed E-state index contributed by atoms with van der Waals surface area (Å²) in [5.74, 6) is -0.399. The fourth-order valence-electron chi connectivity index (χ4n) is 2.35. The number of alkyl halides is 3. The van der Waals surface area contributed by atoms with Crippen molar-refractivity contribution in [3.05, 3.63) is 71.3 Å². The Morgan fingerprint density at radius 2 is 1.79 bits per heavy atom. The Kier molecular flexibility index (Phi) is 5.62. The number of nitrogens with two attached hydrogens (primary N) is 1. The fraction of sp³-hybridized carbons (Fsp3) is 0.278. The van der Waals surface area contributed by atoms with E-state index in [2.05, 4.69) is 5.32 Å². The summed E-state index contributed by atoms with van der Waals surface area (Å²) < 4.78 is 38.3. The predicted molar refractivity (Wildman–Crippen MR) is 86.1 cm³/mol. The van der Waals surface area contributed by atoms with Crippen LogP contribution in [-0.2, 0) is 17.4 Å². The summed E-state index contributed by atoms with van der Waals surface area (Å²) in [6.07, 6.45) is -4.05. The molecule has 6 heteroatoms. The van der Waals surface area contributed by atoms with Crippen molar-refractivity contribution in [3.63, 3.8) is 0 Å². The monoisotopic (exact) mass is 336 g/mol. The van der Waals surface area contributed by atoms with Crippen LogP contribution >= 0.6 is 0 Å². The fourth-order valence-corrected chi connectivity index (χ4v) is 2.35. The van der Waals surface area contributed by atoms with Crippen molar-refractivity contribution in [3.8, 4) is 0 Å². The van der Waals surface area contributed by atoms with Gasteiger partial charge in [0.2, 0.25) is 5.91 Å². The average Bonchev–Trinajstić information content (AvgIpc) is 2.55. The summed E-state index contributed by atoms with van der Waals surface area (Å²) >= 11 is 0. The third-order valence-electron chi connectivity index (χ3n) is 3.71. The molecule has 0 saturated carbocycles. The van der Waals surface area contributed by atoms with Gasteiger partial charge in [0, 0.05) is 0 Å². The zero-order valence-electron chi connectivity index (χ0n) is 13.2. The molecule has 0 aromatic heterocycles. The lowest BCUT2D eigenvalue weighted by Crippen LogP contribution is -2.43. The molecule has 24 heavy (non-hydrogen) atoms. The minimum Gasteiger partial charge on any atom is -0.348 e. The summed E-state index contributed by atoms with van der Waals surface area (Å²) in [4.78, 5) is 12.2. The van der Waals surface area contributed by atoms with Gasteiger partial charge in [0.05, 0.1) is 17.6 Å². The number of hydrogen-bond donors (Lipinski definition) is 2. The Balaban J connectivity index is 2.01. The first kappa shape index (κ1) is 18.0. The second-order valence-corrected chi connectivity index (χ2v) is 5.65. The lowest BCUT2D eigenvalue weighted by atomic mass is 10.0. The van der Waals surface area contributed by atoms with Crippen molar-refractivity contribution in [1.29, 1.82) is 0 Å². The average molecular weight is 336 g/mol. The van der Waals surface area contributed by atoms with Gasteiger partial charge >= 0.3 is 6.18 Å². The highest BCUT2D eigenvalue weighted by atomic mass is 19.4. The first-order valence-corrected chi connectivity index (χ1v) is 7.54. The maximum atomic E-state index is 12.8. The Morgan fingerprint density at radius 3 is 2.42 bits per heavy atom. The lowest BCUT2D eigenvalue weighted by molar-refractivity contribution is -0.137. The van der Waals surface area contributed by atoms with Crippen LogP contribution in [0.1, 0.15) is 29.7 Å². The van der Waals surface area contributed by atoms with E-state index in [9.17, 15) is 18.0 Å². The zero-order valence-corrected chi connectivity index (χ0v) is 13.2. The number of benzene rings is 2. The number of amides is 1. The smallest absolute Gasteiger partial charge is 0.348 e. The molecule has 2 rings (SSSR count). The van der Waals surface area contributed by atoms with Crippen LogP contribution < -0.4 is 11.1 Å². The number of carbonyl (C=O) groups is 1. The molecule has 2 aromatic rings. The Labute approximate surface area is 138 Å². The largest absolute Gasteiger partial charge is 0.416 e. The molecule has 3 nitrogen and oxygen atoms in total. The molecule has 1 amide bonds. The Bertz CT molecular complexity index is 686. The van der Waals surface area contributed by atoms with Gasteiger partial charge in [0.1, 0.15) is 0 Å². The molecule has 0 radical (unpaired) electrons. The quantitative estimate of drug-likeness (QED) is 0.879. The normalized spacial score (nSPS) is 14.0. The van der Waals surface area contributed by atoms with E-state index >= 15 is 0 Å². The molecular formula is C18H19F3N2O. The van der Waals surface area contributed by atoms with Crippen LogP contribution in [0.2, 0.25) is 0 Å². The van der Waals surface area contributed by atoms with Crippen molar-refractivity contribution in [1.82, 2.24) is 5.32 Å². The van der Waals surface area contributed by atoms with E-state index in [-0.39, 0.29) is 0 Å². The van der Waals surface area contributed by atoms with E-state index in [0.29, 0.717) is 12.0 Å². The van der Waals surface area contributed by atoms with Crippen molar-refractivity contribution in [2.45, 2.75) is 31.6 Å². The van der Waals surface area contributed by atoms with Gasteiger partial charge < -0.3 is 11.1 Å². The maximum absolute atomic E-state index is 12.8. The van der Waals surface area contributed by atoms with Crippen molar-refractivity contribution in [2.75, 3.05) is 0 Å². The summed E-state index contributed by atoms with van der Waals surface area (Å²) in [6.45, 7) is 1.63. The number of halogens is 3. The molecule has 0 spiro atoms. The minimum atomic E-state index is -4.41. The van der Waals surface area contributed by atoms with E-state index in [0.717, 1.165) is 17.7 Å². The first-order chi connectivity index (χ1) is 11.3. The number of hydrogen-bond acceptors (Lipinski definition) is 2. The Hall–Kier alpha value is -2.34. The Morgan fingerprint density at radius 1 is 1.12 bits per heavy atom. The van der Waals surface area contributed by atoms with Crippen molar-refractivity contribution in [2.24, 2.45) is 5.73 Å². The topological polar surface area (TPSA) is 55.1 Å². The number of rotatable bonds is 5. The molecule has 0 aliphatic carbocycles. The first-order valence-electron chi connectivity index (χ1n) is 7.54. The third kappa shape index (κ3) is 4.83. The molecule has 1 unspecified atom stereocenters. The van der Waals surface area contributed by atoms with Crippen LogP contribution in [0.25, 0.3) is 0 Å². The molecule has 3 N–H and O–H groups in total. The highest BCUT2D eigenvalue weighted by Gasteiger charge is 2.30. The molecule has 0 saturated heterocycles.